The number of furan rings is 1. The Kier molecular flexibility index (Phi) is 7.85. The van der Waals surface area contributed by atoms with Crippen molar-refractivity contribution in [1.82, 2.24) is 0 Å². The summed E-state index contributed by atoms with van der Waals surface area (Å²) in [6.07, 6.45) is 2.15. The number of hydrogen-bond donors (Lipinski definition) is 0. The highest BCUT2D eigenvalue weighted by atomic mass is 79.9. The van der Waals surface area contributed by atoms with E-state index in [9.17, 15) is 0 Å². The van der Waals surface area contributed by atoms with Gasteiger partial charge in [-0.1, -0.05) is 144 Å². The summed E-state index contributed by atoms with van der Waals surface area (Å²) in [5.74, 6) is 0. The number of rotatable bonds is 7. The normalized spacial score (nSPS) is 12.1. The van der Waals surface area contributed by atoms with Crippen molar-refractivity contribution in [3.8, 4) is 22.3 Å². The van der Waals surface area contributed by atoms with E-state index in [2.05, 4.69) is 127 Å². The quantitative estimate of drug-likeness (QED) is 0.159. The van der Waals surface area contributed by atoms with Gasteiger partial charge >= 0.3 is 0 Å². The largest absolute Gasteiger partial charge is 0.455 e. The Labute approximate surface area is 271 Å². The molecule has 3 heteroatoms. The third kappa shape index (κ3) is 5.83. The van der Waals surface area contributed by atoms with E-state index in [4.69, 9.17) is 9.41 Å². The van der Waals surface area contributed by atoms with E-state index in [1.165, 1.54) is 5.56 Å². The Bertz CT molecular complexity index is 2230. The second-order valence-corrected chi connectivity index (χ2v) is 12.0. The van der Waals surface area contributed by atoms with Crippen molar-refractivity contribution < 1.29 is 4.42 Å². The van der Waals surface area contributed by atoms with Crippen LogP contribution in [-0.2, 0) is 0 Å². The van der Waals surface area contributed by atoms with Crippen molar-refractivity contribution in [2.24, 2.45) is 4.99 Å². The van der Waals surface area contributed by atoms with Gasteiger partial charge in [-0.2, -0.15) is 0 Å². The summed E-state index contributed by atoms with van der Waals surface area (Å²) in [5.41, 5.74) is 11.9. The lowest BCUT2D eigenvalue weighted by Gasteiger charge is -2.10. The fourth-order valence-electron chi connectivity index (χ4n) is 5.82. The Balaban J connectivity index is 1.44. The zero-order valence-corrected chi connectivity index (χ0v) is 26.5. The maximum Gasteiger partial charge on any atom is 0.143 e. The van der Waals surface area contributed by atoms with E-state index in [0.717, 1.165) is 71.1 Å². The Morgan fingerprint density at radius 3 is 2.02 bits per heavy atom. The molecule has 2 nitrogen and oxygen atoms in total. The highest BCUT2D eigenvalue weighted by Crippen LogP contribution is 2.41. The third-order valence-electron chi connectivity index (χ3n) is 8.06. The molecule has 0 amide bonds. The first-order chi connectivity index (χ1) is 22.0. The molecule has 1 heterocycles. The minimum Gasteiger partial charge on any atom is -0.455 e. The van der Waals surface area contributed by atoms with Gasteiger partial charge in [0.05, 0.1) is 11.4 Å². The molecular weight excluding hydrogens is 614 g/mol. The van der Waals surface area contributed by atoms with E-state index in [1.807, 2.05) is 54.6 Å². The summed E-state index contributed by atoms with van der Waals surface area (Å²) in [5, 5.41) is 2.05. The highest BCUT2D eigenvalue weighted by Gasteiger charge is 2.19. The van der Waals surface area contributed by atoms with Crippen LogP contribution >= 0.6 is 15.9 Å². The topological polar surface area (TPSA) is 25.5 Å². The molecule has 0 saturated carbocycles. The molecule has 1 aromatic heterocycles. The third-order valence-corrected chi connectivity index (χ3v) is 8.52. The van der Waals surface area contributed by atoms with E-state index < -0.39 is 0 Å². The Hall–Kier alpha value is -5.25. The molecule has 0 aliphatic carbocycles. The van der Waals surface area contributed by atoms with Crippen LogP contribution in [0.1, 0.15) is 23.6 Å². The Morgan fingerprint density at radius 1 is 0.667 bits per heavy atom. The molecule has 0 N–H and O–H groups in total. The average Bonchev–Trinajstić information content (AvgIpc) is 3.47. The van der Waals surface area contributed by atoms with Crippen LogP contribution in [0.15, 0.2) is 172 Å². The first-order valence-electron chi connectivity index (χ1n) is 14.9. The molecule has 0 aliphatic heterocycles. The van der Waals surface area contributed by atoms with Crippen LogP contribution in [0, 0.1) is 0 Å². The van der Waals surface area contributed by atoms with E-state index >= 15 is 0 Å². The number of benzene rings is 6. The van der Waals surface area contributed by atoms with Crippen molar-refractivity contribution in [2.45, 2.75) is 6.92 Å². The number of hydrogen-bond acceptors (Lipinski definition) is 2. The first-order valence-corrected chi connectivity index (χ1v) is 15.7. The molecule has 0 spiro atoms. The molecule has 0 bridgehead atoms. The summed E-state index contributed by atoms with van der Waals surface area (Å²) in [4.78, 5) is 5.16. The molecule has 45 heavy (non-hydrogen) atoms. The van der Waals surface area contributed by atoms with Gasteiger partial charge in [0, 0.05) is 26.4 Å². The molecule has 6 aromatic carbocycles. The maximum atomic E-state index is 6.69. The monoisotopic (exact) mass is 643 g/mol. The molecule has 0 radical (unpaired) electrons. The smallest absolute Gasteiger partial charge is 0.143 e. The average molecular weight is 645 g/mol. The van der Waals surface area contributed by atoms with E-state index in [0.29, 0.717) is 5.70 Å². The molecular formula is C42H30BrNO. The van der Waals surface area contributed by atoms with Crippen molar-refractivity contribution in [3.05, 3.63) is 179 Å². The van der Waals surface area contributed by atoms with Crippen molar-refractivity contribution >= 4 is 54.9 Å². The summed E-state index contributed by atoms with van der Waals surface area (Å²) in [6.45, 7) is 6.48. The molecule has 0 saturated heterocycles. The predicted octanol–water partition coefficient (Wildman–Crippen LogP) is 12.2. The lowest BCUT2D eigenvalue weighted by Crippen LogP contribution is -2.00. The molecule has 0 aliphatic rings. The first kappa shape index (κ1) is 28.5. The van der Waals surface area contributed by atoms with Crippen LogP contribution in [0.4, 0.5) is 0 Å². The molecule has 0 atom stereocenters. The SMILES string of the molecule is C=C(N=C(/C=C(\C)c1ccccc1)c1cccc2oc3c(-c4cccc(-c5ccccc5)c4)cc(Br)cc3c12)c1ccccc1. The van der Waals surface area contributed by atoms with Gasteiger partial charge in [0.1, 0.15) is 11.2 Å². The van der Waals surface area contributed by atoms with Crippen LogP contribution in [0.2, 0.25) is 0 Å². The predicted molar refractivity (Wildman–Crippen MR) is 194 cm³/mol. The van der Waals surface area contributed by atoms with Gasteiger partial charge in [0.2, 0.25) is 0 Å². The van der Waals surface area contributed by atoms with Gasteiger partial charge in [-0.25, -0.2) is 4.99 Å². The number of allylic oxidation sites excluding steroid dienone is 2. The number of nitrogens with zero attached hydrogens (tertiary/aromatic N) is 1. The summed E-state index contributed by atoms with van der Waals surface area (Å²) >= 11 is 3.82. The number of fused-ring (bicyclic) bond motifs is 3. The van der Waals surface area contributed by atoms with Gasteiger partial charge in [-0.15, -0.1) is 0 Å². The molecule has 7 rings (SSSR count). The maximum absolute atomic E-state index is 6.69. The molecule has 7 aromatic rings. The van der Waals surface area contributed by atoms with E-state index in [1.54, 1.807) is 0 Å². The summed E-state index contributed by atoms with van der Waals surface area (Å²) < 4.78 is 7.67. The zero-order chi connectivity index (χ0) is 30.8. The minimum absolute atomic E-state index is 0.701. The molecule has 0 fully saturated rings. The van der Waals surface area contributed by atoms with Crippen LogP contribution in [0.5, 0.6) is 0 Å². The van der Waals surface area contributed by atoms with E-state index in [-0.39, 0.29) is 0 Å². The number of halogens is 1. The fraction of sp³-hybridized carbons (Fsp3) is 0.0238. The molecule has 216 valence electrons. The minimum atomic E-state index is 0.701. The van der Waals surface area contributed by atoms with Crippen LogP contribution in [0.3, 0.4) is 0 Å². The Morgan fingerprint density at radius 2 is 1.29 bits per heavy atom. The van der Waals surface area contributed by atoms with Gasteiger partial charge in [-0.05, 0) is 70.7 Å². The zero-order valence-electron chi connectivity index (χ0n) is 24.9. The van der Waals surface area contributed by atoms with Gasteiger partial charge < -0.3 is 4.42 Å². The van der Waals surface area contributed by atoms with Gasteiger partial charge in [-0.3, -0.25) is 0 Å². The van der Waals surface area contributed by atoms with Gasteiger partial charge in [0.25, 0.3) is 0 Å². The standard InChI is InChI=1S/C42H30BrNO/c1-28(30-14-6-3-7-15-30)24-39(44-29(2)31-16-8-4-9-17-31)36-22-13-23-40-41(36)38-27-35(43)26-37(42(38)45-40)34-21-12-20-33(25-34)32-18-10-5-11-19-32/h3-27H,2H2,1H3/b28-24+,44-39?. The van der Waals surface area contributed by atoms with Crippen molar-refractivity contribution in [1.29, 1.82) is 0 Å². The van der Waals surface area contributed by atoms with Crippen LogP contribution in [-0.4, -0.2) is 5.71 Å². The summed E-state index contributed by atoms with van der Waals surface area (Å²) in [6, 6.07) is 50.1. The van der Waals surface area contributed by atoms with Crippen molar-refractivity contribution in [2.75, 3.05) is 0 Å². The lowest BCUT2D eigenvalue weighted by molar-refractivity contribution is 0.670. The number of aliphatic imine (C=N–C) groups is 1. The highest BCUT2D eigenvalue weighted by molar-refractivity contribution is 9.10. The lowest BCUT2D eigenvalue weighted by atomic mass is 9.95. The summed E-state index contributed by atoms with van der Waals surface area (Å²) in [7, 11) is 0. The second-order valence-electron chi connectivity index (χ2n) is 11.1. The second kappa shape index (κ2) is 12.4. The van der Waals surface area contributed by atoms with Crippen molar-refractivity contribution in [3.63, 3.8) is 0 Å². The fourth-order valence-corrected chi connectivity index (χ4v) is 6.28. The van der Waals surface area contributed by atoms with Gasteiger partial charge in [0.15, 0.2) is 0 Å². The molecule has 0 unspecified atom stereocenters. The van der Waals surface area contributed by atoms with Crippen LogP contribution < -0.4 is 0 Å². The van der Waals surface area contributed by atoms with Crippen LogP contribution in [0.25, 0.3) is 55.5 Å².